The fraction of sp³-hybridized carbons (Fsp3) is 0.250. The van der Waals surface area contributed by atoms with Crippen LogP contribution in [0, 0.1) is 0 Å². The third-order valence-corrected chi connectivity index (χ3v) is 7.37. The Morgan fingerprint density at radius 3 is 2.61 bits per heavy atom. The van der Waals surface area contributed by atoms with Crippen LogP contribution in [0.25, 0.3) is 0 Å². The molecule has 0 saturated carbocycles. The van der Waals surface area contributed by atoms with Gasteiger partial charge in [-0.1, -0.05) is 74.2 Å². The summed E-state index contributed by atoms with van der Waals surface area (Å²) in [6, 6.07) is 14.8. The number of alkyl halides is 4. The normalized spacial score (nSPS) is 16.4. The van der Waals surface area contributed by atoms with Crippen LogP contribution in [0.1, 0.15) is 30.0 Å². The van der Waals surface area contributed by atoms with Crippen molar-refractivity contribution < 1.29 is 18.0 Å². The lowest BCUT2D eigenvalue weighted by molar-refractivity contribution is -0.137. The van der Waals surface area contributed by atoms with Gasteiger partial charge in [-0.25, -0.2) is 0 Å². The largest absolute Gasteiger partial charge is 0.416 e. The molecule has 0 saturated heterocycles. The summed E-state index contributed by atoms with van der Waals surface area (Å²) < 4.78 is 44.1. The molecule has 0 spiro atoms. The second-order valence-corrected chi connectivity index (χ2v) is 10.6. The van der Waals surface area contributed by atoms with Gasteiger partial charge in [0.25, 0.3) is 0 Å². The molecule has 1 heterocycles. The number of nitrogens with one attached hydrogen (secondary N) is 2. The van der Waals surface area contributed by atoms with Gasteiger partial charge in [-0.2, -0.15) is 13.2 Å². The molecule has 2 unspecified atom stereocenters. The van der Waals surface area contributed by atoms with E-state index in [1.165, 1.54) is 18.2 Å². The molecule has 0 aliphatic carbocycles. The van der Waals surface area contributed by atoms with E-state index in [2.05, 4.69) is 22.2 Å². The number of carbonyl (C=O) groups excluding carboxylic acids is 1. The maximum Gasteiger partial charge on any atom is 0.416 e. The van der Waals surface area contributed by atoms with Crippen LogP contribution >= 0.6 is 20.7 Å². The zero-order valence-electron chi connectivity index (χ0n) is 19.9. The van der Waals surface area contributed by atoms with Gasteiger partial charge >= 0.3 is 6.18 Å². The summed E-state index contributed by atoms with van der Waals surface area (Å²) in [5.74, 6) is -0.329. The number of rotatable bonds is 10. The fourth-order valence-corrected chi connectivity index (χ4v) is 5.27. The van der Waals surface area contributed by atoms with Gasteiger partial charge in [0, 0.05) is 17.1 Å². The van der Waals surface area contributed by atoms with E-state index in [1.54, 1.807) is 18.4 Å². The first-order chi connectivity index (χ1) is 17.3. The van der Waals surface area contributed by atoms with Crippen molar-refractivity contribution in [2.24, 2.45) is 4.99 Å². The maximum absolute atomic E-state index is 13.8. The van der Waals surface area contributed by atoms with Crippen molar-refractivity contribution in [2.45, 2.75) is 37.6 Å². The lowest BCUT2D eigenvalue weighted by Crippen LogP contribution is -2.56. The van der Waals surface area contributed by atoms with Crippen molar-refractivity contribution in [3.63, 3.8) is 0 Å². The molecule has 2 atom stereocenters. The van der Waals surface area contributed by atoms with Crippen LogP contribution in [0.3, 0.4) is 0 Å². The van der Waals surface area contributed by atoms with Gasteiger partial charge in [0.15, 0.2) is 0 Å². The Labute approximate surface area is 219 Å². The van der Waals surface area contributed by atoms with Gasteiger partial charge in [-0.05, 0) is 39.8 Å². The number of hydrogen-bond donors (Lipinski definition) is 2. The number of halogens is 4. The number of benzene rings is 2. The van der Waals surface area contributed by atoms with E-state index in [0.29, 0.717) is 24.1 Å². The van der Waals surface area contributed by atoms with Gasteiger partial charge < -0.3 is 5.32 Å². The third kappa shape index (κ3) is 7.33. The first-order valence-corrected chi connectivity index (χ1v) is 14.3. The Kier molecular flexibility index (Phi) is 9.95. The molecule has 1 amide bonds. The minimum absolute atomic E-state index is 0.248. The Hall–Kier alpha value is -2.85. The van der Waals surface area contributed by atoms with E-state index >= 15 is 0 Å². The zero-order chi connectivity index (χ0) is 26.0. The molecule has 2 aromatic rings. The Bertz CT molecular complexity index is 1170. The molecule has 0 radical (unpaired) electrons. The summed E-state index contributed by atoms with van der Waals surface area (Å²) in [5, 5.41) is 6.29. The van der Waals surface area contributed by atoms with Crippen LogP contribution in [0.15, 0.2) is 96.2 Å². The first-order valence-electron chi connectivity index (χ1n) is 11.5. The lowest BCUT2D eigenvalue weighted by atomic mass is 9.79. The summed E-state index contributed by atoms with van der Waals surface area (Å²) >= 11 is -0.248. The Balaban J connectivity index is 2.20. The fourth-order valence-electron chi connectivity index (χ4n) is 3.91. The smallest absolute Gasteiger partial charge is 0.334 e. The summed E-state index contributed by atoms with van der Waals surface area (Å²) in [6.07, 6.45) is 4.17. The summed E-state index contributed by atoms with van der Waals surface area (Å²) in [4.78, 5) is 17.2. The average molecular weight is 607 g/mol. The molecule has 3 rings (SSSR count). The molecule has 1 aliphatic rings. The van der Waals surface area contributed by atoms with Gasteiger partial charge in [-0.3, -0.25) is 15.1 Å². The Morgan fingerprint density at radius 1 is 1.17 bits per heavy atom. The number of hydrogen-bond acceptors (Lipinski definition) is 3. The number of carbonyl (C=O) groups is 1. The van der Waals surface area contributed by atoms with Crippen molar-refractivity contribution in [1.29, 1.82) is 0 Å². The van der Waals surface area contributed by atoms with Crippen LogP contribution in [0.5, 0.6) is 0 Å². The van der Waals surface area contributed by atoms with Crippen molar-refractivity contribution in [1.82, 2.24) is 10.6 Å². The average Bonchev–Trinajstić information content (AvgIpc) is 3.17. The highest BCUT2D eigenvalue weighted by Crippen LogP contribution is 2.38. The van der Waals surface area contributed by atoms with Crippen LogP contribution < -0.4 is 10.6 Å². The topological polar surface area (TPSA) is 53.5 Å². The molecule has 190 valence electrons. The zero-order valence-corrected chi connectivity index (χ0v) is 22.1. The van der Waals surface area contributed by atoms with Crippen molar-refractivity contribution >= 4 is 36.9 Å². The standard InChI is InChI=1S/C28H29F3IN3O/c1-3-5-14-26(36)34-25(4-2)35-27(20-21-10-7-6-8-11-21,24-15-16-32-17-18-33-24)22-12-9-13-23(19-22)28(29,30)31/h4-15,17-19,25,35H,2-3,16,20H2,1H3,(H,34,36)/b14-5+. The van der Waals surface area contributed by atoms with Gasteiger partial charge in [0.05, 0.1) is 23.0 Å². The van der Waals surface area contributed by atoms with E-state index in [9.17, 15) is 18.0 Å². The monoisotopic (exact) mass is 607 g/mol. The highest BCUT2D eigenvalue weighted by atomic mass is 127. The van der Waals surface area contributed by atoms with E-state index in [4.69, 9.17) is 0 Å². The minimum Gasteiger partial charge on any atom is -0.334 e. The van der Waals surface area contributed by atoms with Gasteiger partial charge in [-0.15, -0.1) is 20.7 Å². The molecule has 0 bridgehead atoms. The van der Waals surface area contributed by atoms with Crippen molar-refractivity contribution in [3.8, 4) is 0 Å². The van der Waals surface area contributed by atoms with Crippen molar-refractivity contribution in [3.05, 3.63) is 108 Å². The second-order valence-electron chi connectivity index (χ2n) is 8.13. The van der Waals surface area contributed by atoms with Gasteiger partial charge in [0.1, 0.15) is 0 Å². The molecule has 8 heteroatoms. The van der Waals surface area contributed by atoms with E-state index < -0.39 is 23.4 Å². The van der Waals surface area contributed by atoms with Crippen LogP contribution in [0.2, 0.25) is 0 Å². The van der Waals surface area contributed by atoms with Gasteiger partial charge in [0.2, 0.25) is 5.91 Å². The highest BCUT2D eigenvalue weighted by Gasteiger charge is 2.40. The molecule has 1 aliphatic heterocycles. The maximum atomic E-state index is 13.8. The van der Waals surface area contributed by atoms with Crippen LogP contribution in [-0.4, -0.2) is 26.7 Å². The Morgan fingerprint density at radius 2 is 1.92 bits per heavy atom. The van der Waals surface area contributed by atoms with Crippen molar-refractivity contribution in [2.75, 3.05) is 4.43 Å². The molecule has 36 heavy (non-hydrogen) atoms. The molecule has 2 N–H and O–H groups in total. The predicted molar refractivity (Wildman–Crippen MR) is 149 cm³/mol. The molecule has 0 fully saturated rings. The third-order valence-electron chi connectivity index (χ3n) is 5.59. The van der Waals surface area contributed by atoms with E-state index in [-0.39, 0.29) is 26.6 Å². The number of nitrogens with zero attached hydrogens (tertiary/aromatic N) is 1. The quantitative estimate of drug-likeness (QED) is 0.113. The molecule has 0 aromatic heterocycles. The summed E-state index contributed by atoms with van der Waals surface area (Å²) in [7, 11) is 0. The lowest BCUT2D eigenvalue weighted by Gasteiger charge is -2.39. The van der Waals surface area contributed by atoms with Crippen LogP contribution in [-0.2, 0) is 22.9 Å². The highest BCUT2D eigenvalue weighted by molar-refractivity contribution is 14.2. The molecular weight excluding hydrogens is 578 g/mol. The SMILES string of the molecule is C=CC(NC(=O)/C=C/CC)NC(Cc1ccccc1)(C1=CCI=CC=N1)c1cccc(C(F)(F)F)c1. The second kappa shape index (κ2) is 12.9. The summed E-state index contributed by atoms with van der Waals surface area (Å²) in [6.45, 7) is 5.78. The molecular formula is C28H29F3IN3O. The molecule has 4 nitrogen and oxygen atoms in total. The van der Waals surface area contributed by atoms with E-state index in [1.807, 2.05) is 47.3 Å². The van der Waals surface area contributed by atoms with E-state index in [0.717, 1.165) is 22.1 Å². The minimum atomic E-state index is -4.51. The number of amides is 1. The number of aliphatic imine (C=N–C) groups is 1. The first kappa shape index (κ1) is 27.7. The number of allylic oxidation sites excluding steroid dienone is 2. The molecule has 2 aromatic carbocycles. The summed E-state index contributed by atoms with van der Waals surface area (Å²) in [5.41, 5.74) is -0.0242. The predicted octanol–water partition coefficient (Wildman–Crippen LogP) is 6.07. The van der Waals surface area contributed by atoms with Crippen LogP contribution in [0.4, 0.5) is 13.2 Å².